The van der Waals surface area contributed by atoms with Crippen molar-refractivity contribution in [3.05, 3.63) is 287 Å². The Bertz CT molecular complexity index is 5720. The van der Waals surface area contributed by atoms with Gasteiger partial charge in [0.2, 0.25) is 5.91 Å². The number of Topliss-reactive ketones (excluding diaryl/α,β-unsaturated/α-hetero) is 3. The zero-order valence-electron chi connectivity index (χ0n) is 78.5. The third-order valence-corrected chi connectivity index (χ3v) is 25.6. The van der Waals surface area contributed by atoms with Gasteiger partial charge in [-0.25, -0.2) is 4.79 Å². The number of nitrogens with zero attached hydrogens (tertiary/aromatic N) is 3. The Kier molecular flexibility index (Phi) is 35.3. The summed E-state index contributed by atoms with van der Waals surface area (Å²) >= 11 is 0. The number of hydrogen-bond donors (Lipinski definition) is 0. The molecule has 12 aromatic carbocycles. The van der Waals surface area contributed by atoms with Crippen molar-refractivity contribution in [2.75, 3.05) is 126 Å². The lowest BCUT2D eigenvalue weighted by molar-refractivity contribution is -0.133. The van der Waals surface area contributed by atoms with E-state index in [1.807, 2.05) is 60.9 Å². The van der Waals surface area contributed by atoms with Crippen LogP contribution in [0.1, 0.15) is 201 Å². The maximum atomic E-state index is 12.9. The number of carbonyl (C=O) groups is 5. The van der Waals surface area contributed by atoms with Crippen LogP contribution >= 0.6 is 0 Å². The summed E-state index contributed by atoms with van der Waals surface area (Å²) in [4.78, 5) is 69.2. The number of fused-ring (bicyclic) bond motifs is 3. The van der Waals surface area contributed by atoms with Crippen molar-refractivity contribution in [1.29, 1.82) is 0 Å². The second-order valence-electron chi connectivity index (χ2n) is 36.4. The minimum absolute atomic E-state index is 0.0551. The fraction of sp³-hybridized carbons (Fsp3) is 0.383. The molecule has 0 aliphatic carbocycles. The molecule has 3 saturated heterocycles. The van der Waals surface area contributed by atoms with E-state index in [0.717, 1.165) is 121 Å². The molecule has 3 heterocycles. The van der Waals surface area contributed by atoms with Gasteiger partial charge in [0, 0.05) is 50.0 Å². The summed E-state index contributed by atoms with van der Waals surface area (Å²) in [7, 11) is 1.65. The first-order chi connectivity index (χ1) is 63.0. The van der Waals surface area contributed by atoms with Crippen LogP contribution in [0.25, 0.3) is 99.1 Å². The molecule has 0 bridgehead atoms. The van der Waals surface area contributed by atoms with Gasteiger partial charge < -0.3 is 47.9 Å². The molecule has 12 aromatic rings. The largest absolute Gasteiger partial charge is 0.444 e. The molecule has 2 amide bonds. The van der Waals surface area contributed by atoms with E-state index in [1.54, 1.807) is 27.9 Å². The van der Waals surface area contributed by atoms with E-state index < -0.39 is 5.60 Å². The van der Waals surface area contributed by atoms with E-state index in [9.17, 15) is 24.0 Å². The fourth-order valence-electron chi connectivity index (χ4n) is 17.9. The van der Waals surface area contributed by atoms with Crippen LogP contribution in [0.15, 0.2) is 237 Å². The number of benzene rings is 12. The summed E-state index contributed by atoms with van der Waals surface area (Å²) in [5.41, 5.74) is 23.1. The van der Waals surface area contributed by atoms with Crippen molar-refractivity contribution in [1.82, 2.24) is 14.7 Å². The molecule has 0 radical (unpaired) electrons. The summed E-state index contributed by atoms with van der Waals surface area (Å²) in [6.45, 7) is 31.3. The summed E-state index contributed by atoms with van der Waals surface area (Å²) in [6.07, 6.45) is 11.7. The molecule has 0 aromatic heterocycles. The maximum Gasteiger partial charge on any atom is 0.410 e. The summed E-state index contributed by atoms with van der Waals surface area (Å²) < 4.78 is 37.9. The van der Waals surface area contributed by atoms with Gasteiger partial charge in [0.1, 0.15) is 5.60 Å². The lowest BCUT2D eigenvalue weighted by Crippen LogP contribution is -2.41. The first-order valence-corrected chi connectivity index (χ1v) is 47.2. The second-order valence-corrected chi connectivity index (χ2v) is 36.4. The number of amides is 2. The number of rotatable bonds is 35. The van der Waals surface area contributed by atoms with Gasteiger partial charge in [-0.1, -0.05) is 225 Å². The van der Waals surface area contributed by atoms with Crippen molar-refractivity contribution >= 4 is 61.7 Å². The van der Waals surface area contributed by atoms with Crippen molar-refractivity contribution in [3.8, 4) is 66.8 Å². The van der Waals surface area contributed by atoms with Gasteiger partial charge in [0.25, 0.3) is 0 Å². The average molecular weight is 1750 g/mol. The van der Waals surface area contributed by atoms with Gasteiger partial charge in [0.05, 0.1) is 79.1 Å². The Hall–Kier alpha value is -11.1. The van der Waals surface area contributed by atoms with E-state index in [4.69, 9.17) is 33.2 Å². The highest BCUT2D eigenvalue weighted by Gasteiger charge is 2.30. The monoisotopic (exact) mass is 1750 g/mol. The Labute approximate surface area is 771 Å². The SMILES string of the molecule is CC(=O)c1cc(-c2ccc(C3CCN(C(=O)OC(C)(C)C)CC3)cc2)c2ccc(-c3ccc(C)cc3)cc2c1.CCCCCCN1CCC(c2ccc(-c3cc(C(C)=O)cc4cc(-c5ccc(C)cc5)ccc34)cc2)CC1.COCCOCCOCCOCCOCCOCCC(=O)N1CCC(c2ccc(-c3cc(C(C)=O)cc4cc(-c5ccc(C)cc5)ccc34)cc2)CC1. The van der Waals surface area contributed by atoms with Gasteiger partial charge in [-0.05, 0) is 315 Å². The van der Waals surface area contributed by atoms with Crippen LogP contribution in [0.4, 0.5) is 4.79 Å². The van der Waals surface area contributed by atoms with E-state index in [-0.39, 0.29) is 29.4 Å². The number of methoxy groups -OCH3 is 1. The lowest BCUT2D eigenvalue weighted by atomic mass is 9.87. The quantitative estimate of drug-likeness (QED) is 0.0273. The highest BCUT2D eigenvalue weighted by atomic mass is 16.6. The van der Waals surface area contributed by atoms with Gasteiger partial charge in [0.15, 0.2) is 17.3 Å². The zero-order valence-corrected chi connectivity index (χ0v) is 78.5. The molecule has 3 aliphatic rings. The zero-order chi connectivity index (χ0) is 91.5. The number of carbonyl (C=O) groups excluding carboxylic acids is 5. The molecule has 0 N–H and O–H groups in total. The first kappa shape index (κ1) is 96.4. The maximum absolute atomic E-state index is 12.9. The third kappa shape index (κ3) is 27.3. The highest BCUT2D eigenvalue weighted by Crippen LogP contribution is 2.41. The van der Waals surface area contributed by atoms with Gasteiger partial charge in [-0.2, -0.15) is 0 Å². The molecule has 3 aliphatic heterocycles. The molecule has 0 atom stereocenters. The Morgan fingerprint density at radius 3 is 0.946 bits per heavy atom. The molecule has 15 nitrogen and oxygen atoms in total. The van der Waals surface area contributed by atoms with Crippen LogP contribution in [0.5, 0.6) is 0 Å². The minimum Gasteiger partial charge on any atom is -0.444 e. The molecule has 680 valence electrons. The van der Waals surface area contributed by atoms with Gasteiger partial charge in [-0.3, -0.25) is 19.2 Å². The smallest absolute Gasteiger partial charge is 0.410 e. The van der Waals surface area contributed by atoms with Crippen LogP contribution in [-0.2, 0) is 38.0 Å². The number of unbranched alkanes of at least 4 members (excludes halogenated alkanes) is 3. The number of hydrogen-bond acceptors (Lipinski definition) is 13. The van der Waals surface area contributed by atoms with Crippen molar-refractivity contribution in [3.63, 3.8) is 0 Å². The fourth-order valence-corrected chi connectivity index (χ4v) is 17.9. The molecule has 0 saturated carbocycles. The molecular weight excluding hydrogens is 1620 g/mol. The highest BCUT2D eigenvalue weighted by molar-refractivity contribution is 6.08. The standard InChI is InChI=1S/C44H55NO8.C36H41NO.C35H37NO3/c1-33-4-6-36(7-5-33)39-12-13-42-41(30-39)31-40(34(2)46)32-43(42)38-10-8-35(9-11-38)37-14-17-45(18-15-37)44(47)16-19-49-22-23-51-26-27-53-29-28-52-25-24-50-21-20-48-3;1-4-5-6-7-20-37-21-18-30(19-22-37)28-12-14-31(15-13-28)36-25-33(27(3)38)24-34-23-32(16-17-35(34)36)29-10-8-26(2)9-11-29;1-23-6-8-26(9-7-23)29-14-15-32-31(20-29)21-30(24(2)37)22-33(32)28-12-10-25(11-13-28)27-16-18-36(19-17-27)34(38)39-35(3,4)5/h4-13,30-32,37H,14-29H2,1-3H3;8-17,23-25,30H,4-7,18-22H2,1-3H3;6-15,20-22,27H,16-19H2,1-5H3. The molecule has 130 heavy (non-hydrogen) atoms. The van der Waals surface area contributed by atoms with Crippen LogP contribution in [-0.4, -0.2) is 175 Å². The van der Waals surface area contributed by atoms with Crippen molar-refractivity contribution in [2.45, 2.75) is 163 Å². The van der Waals surface area contributed by atoms with E-state index >= 15 is 0 Å². The molecule has 15 heteroatoms. The Morgan fingerprint density at radius 1 is 0.331 bits per heavy atom. The minimum atomic E-state index is -0.476. The van der Waals surface area contributed by atoms with Crippen molar-refractivity contribution < 1.29 is 57.1 Å². The normalized spacial score (nSPS) is 14.1. The number of aryl methyl sites for hydroxylation is 3. The average Bonchev–Trinajstić information content (AvgIpc) is 0.782. The third-order valence-electron chi connectivity index (χ3n) is 25.6. The van der Waals surface area contributed by atoms with Crippen molar-refractivity contribution in [2.24, 2.45) is 0 Å². The lowest BCUT2D eigenvalue weighted by Gasteiger charge is -2.33. The van der Waals surface area contributed by atoms with Gasteiger partial charge in [-0.15, -0.1) is 0 Å². The molecule has 0 spiro atoms. The molecular formula is C115H133N3O12. The first-order valence-electron chi connectivity index (χ1n) is 47.2. The number of ether oxygens (including phenoxy) is 7. The van der Waals surface area contributed by atoms with Crippen LogP contribution in [0.3, 0.4) is 0 Å². The molecule has 3 fully saturated rings. The number of ketones is 3. The summed E-state index contributed by atoms with van der Waals surface area (Å²) in [5.74, 6) is 1.82. The Balaban J connectivity index is 0.000000169. The predicted octanol–water partition coefficient (Wildman–Crippen LogP) is 25.8. The number of piperidine rings is 3. The van der Waals surface area contributed by atoms with Crippen LogP contribution in [0.2, 0.25) is 0 Å². The second kappa shape index (κ2) is 47.6. The van der Waals surface area contributed by atoms with Gasteiger partial charge >= 0.3 is 6.09 Å². The molecule has 0 unspecified atom stereocenters. The van der Waals surface area contributed by atoms with E-state index in [0.29, 0.717) is 116 Å². The predicted molar refractivity (Wildman–Crippen MR) is 530 cm³/mol. The summed E-state index contributed by atoms with van der Waals surface area (Å²) in [6, 6.07) is 84.2. The topological polar surface area (TPSA) is 160 Å². The summed E-state index contributed by atoms with van der Waals surface area (Å²) in [5, 5.41) is 6.68. The van der Waals surface area contributed by atoms with E-state index in [2.05, 4.69) is 239 Å². The van der Waals surface area contributed by atoms with E-state index in [1.165, 1.54) is 119 Å². The van der Waals surface area contributed by atoms with Crippen LogP contribution < -0.4 is 0 Å². The molecule has 15 rings (SSSR count). The number of likely N-dealkylation sites (tertiary alicyclic amines) is 3. The van der Waals surface area contributed by atoms with Crippen LogP contribution in [0, 0.1) is 20.8 Å². The Morgan fingerprint density at radius 2 is 0.631 bits per heavy atom.